The van der Waals surface area contributed by atoms with Crippen LogP contribution in [-0.2, 0) is 5.54 Å². The molecule has 1 fully saturated rings. The van der Waals surface area contributed by atoms with Crippen LogP contribution < -0.4 is 9.80 Å². The number of aromatic nitrogens is 4. The maximum Gasteiger partial charge on any atom is 0.209 e. The van der Waals surface area contributed by atoms with Gasteiger partial charge in [-0.05, 0) is 49.8 Å². The number of anilines is 1. The predicted octanol–water partition coefficient (Wildman–Crippen LogP) is 2.20. The predicted molar refractivity (Wildman–Crippen MR) is 104 cm³/mol. The van der Waals surface area contributed by atoms with Crippen LogP contribution in [0.1, 0.15) is 58.8 Å². The summed E-state index contributed by atoms with van der Waals surface area (Å²) >= 11 is 0. The molecule has 0 saturated carbocycles. The van der Waals surface area contributed by atoms with Crippen molar-refractivity contribution in [3.63, 3.8) is 0 Å². The third-order valence-electron chi connectivity index (χ3n) is 5.38. The van der Waals surface area contributed by atoms with Crippen LogP contribution in [0, 0.1) is 5.82 Å². The Balaban J connectivity index is 1.76. The van der Waals surface area contributed by atoms with Crippen molar-refractivity contribution in [3.05, 3.63) is 35.9 Å². The quantitative estimate of drug-likeness (QED) is 0.841. The SMILES string of the molecule is CCCC[C@@H](c1nnnn1C(C)(C)C)[NH+]1CCN(c2ccccc2F)CC1. The minimum Gasteiger partial charge on any atom is -0.358 e. The van der Waals surface area contributed by atoms with Crippen LogP contribution in [0.2, 0.25) is 0 Å². The van der Waals surface area contributed by atoms with Crippen molar-refractivity contribution < 1.29 is 9.29 Å². The number of halogens is 1. The van der Waals surface area contributed by atoms with Gasteiger partial charge in [-0.25, -0.2) is 9.07 Å². The number of rotatable bonds is 6. The largest absolute Gasteiger partial charge is 0.358 e. The van der Waals surface area contributed by atoms with Crippen LogP contribution in [0.25, 0.3) is 0 Å². The number of benzene rings is 1. The second-order valence-electron chi connectivity index (χ2n) is 8.41. The molecular weight excluding hydrogens is 343 g/mol. The zero-order valence-corrected chi connectivity index (χ0v) is 17.0. The first-order chi connectivity index (χ1) is 12.9. The standard InChI is InChI=1S/C20H31FN6/c1-5-6-10-18(19-22-23-24-27(19)20(2,3)4)26-14-12-25(13-15-26)17-11-8-7-9-16(17)21/h7-9,11,18H,5-6,10,12-15H2,1-4H3/p+1/t18-/m0/s1. The maximum absolute atomic E-state index is 14.1. The molecule has 1 aromatic heterocycles. The number of nitrogens with one attached hydrogen (secondary N) is 1. The highest BCUT2D eigenvalue weighted by molar-refractivity contribution is 5.47. The van der Waals surface area contributed by atoms with Crippen LogP contribution in [-0.4, -0.2) is 46.4 Å². The van der Waals surface area contributed by atoms with Gasteiger partial charge in [0.15, 0.2) is 0 Å². The van der Waals surface area contributed by atoms with E-state index in [-0.39, 0.29) is 17.4 Å². The molecule has 1 saturated heterocycles. The van der Waals surface area contributed by atoms with Gasteiger partial charge in [0.1, 0.15) is 11.9 Å². The number of piperazine rings is 1. The van der Waals surface area contributed by atoms with Gasteiger partial charge in [-0.3, -0.25) is 0 Å². The summed E-state index contributed by atoms with van der Waals surface area (Å²) < 4.78 is 16.1. The minimum absolute atomic E-state index is 0.139. The van der Waals surface area contributed by atoms with E-state index in [1.54, 1.807) is 6.07 Å². The normalized spacial score (nSPS) is 17.3. The lowest BCUT2D eigenvalue weighted by atomic mass is 10.0. The van der Waals surface area contributed by atoms with E-state index in [2.05, 4.69) is 48.1 Å². The first-order valence-corrected chi connectivity index (χ1v) is 10.0. The zero-order valence-electron chi connectivity index (χ0n) is 17.0. The summed E-state index contributed by atoms with van der Waals surface area (Å²) in [5.41, 5.74) is 0.568. The molecule has 1 atom stereocenters. The molecule has 1 N–H and O–H groups in total. The number of hydrogen-bond acceptors (Lipinski definition) is 4. The van der Waals surface area contributed by atoms with Gasteiger partial charge in [-0.1, -0.05) is 25.5 Å². The highest BCUT2D eigenvalue weighted by atomic mass is 19.1. The first-order valence-electron chi connectivity index (χ1n) is 10.0. The van der Waals surface area contributed by atoms with E-state index in [9.17, 15) is 4.39 Å². The number of nitrogens with zero attached hydrogens (tertiary/aromatic N) is 5. The molecule has 6 nitrogen and oxygen atoms in total. The van der Waals surface area contributed by atoms with E-state index in [1.807, 2.05) is 16.8 Å². The molecule has 0 spiro atoms. The van der Waals surface area contributed by atoms with Crippen molar-refractivity contribution in [3.8, 4) is 0 Å². The summed E-state index contributed by atoms with van der Waals surface area (Å²) in [6.45, 7) is 12.2. The summed E-state index contributed by atoms with van der Waals surface area (Å²) in [5, 5.41) is 12.7. The molecule has 1 aliphatic rings. The third-order valence-corrected chi connectivity index (χ3v) is 5.38. The van der Waals surface area contributed by atoms with Crippen LogP contribution in [0.4, 0.5) is 10.1 Å². The van der Waals surface area contributed by atoms with Crippen LogP contribution in [0.15, 0.2) is 24.3 Å². The Kier molecular flexibility index (Phi) is 6.09. The van der Waals surface area contributed by atoms with Crippen LogP contribution in [0.5, 0.6) is 0 Å². The number of tetrazole rings is 1. The second-order valence-corrected chi connectivity index (χ2v) is 8.41. The van der Waals surface area contributed by atoms with E-state index in [0.29, 0.717) is 5.69 Å². The van der Waals surface area contributed by atoms with Crippen molar-refractivity contribution >= 4 is 5.69 Å². The Labute approximate surface area is 161 Å². The molecule has 0 bridgehead atoms. The average molecular weight is 376 g/mol. The van der Waals surface area contributed by atoms with Gasteiger partial charge in [0.25, 0.3) is 0 Å². The van der Waals surface area contributed by atoms with Crippen molar-refractivity contribution in [2.45, 2.75) is 58.5 Å². The van der Waals surface area contributed by atoms with Gasteiger partial charge < -0.3 is 9.80 Å². The van der Waals surface area contributed by atoms with Crippen molar-refractivity contribution in [2.75, 3.05) is 31.1 Å². The first kappa shape index (κ1) is 19.7. The minimum atomic E-state index is -0.141. The monoisotopic (exact) mass is 375 g/mol. The molecule has 2 heterocycles. The number of unbranched alkanes of at least 4 members (excludes halogenated alkanes) is 1. The summed E-state index contributed by atoms with van der Waals surface area (Å²) in [7, 11) is 0. The van der Waals surface area contributed by atoms with Crippen molar-refractivity contribution in [2.24, 2.45) is 0 Å². The van der Waals surface area contributed by atoms with Gasteiger partial charge in [0.2, 0.25) is 5.82 Å². The second kappa shape index (κ2) is 8.33. The fourth-order valence-corrected chi connectivity index (χ4v) is 3.90. The highest BCUT2D eigenvalue weighted by Gasteiger charge is 2.34. The summed E-state index contributed by atoms with van der Waals surface area (Å²) in [5.74, 6) is 0.838. The summed E-state index contributed by atoms with van der Waals surface area (Å²) in [6, 6.07) is 7.33. The maximum atomic E-state index is 14.1. The zero-order chi connectivity index (χ0) is 19.4. The van der Waals surface area contributed by atoms with E-state index >= 15 is 0 Å². The van der Waals surface area contributed by atoms with Crippen molar-refractivity contribution in [1.29, 1.82) is 0 Å². The molecule has 0 amide bonds. The molecule has 7 heteroatoms. The van der Waals surface area contributed by atoms with E-state index < -0.39 is 0 Å². The molecule has 27 heavy (non-hydrogen) atoms. The molecule has 0 radical (unpaired) electrons. The Bertz CT molecular complexity index is 730. The fraction of sp³-hybridized carbons (Fsp3) is 0.650. The molecular formula is C20H32FN6+. The van der Waals surface area contributed by atoms with Gasteiger partial charge in [0.05, 0.1) is 37.4 Å². The van der Waals surface area contributed by atoms with Gasteiger partial charge >= 0.3 is 0 Å². The third kappa shape index (κ3) is 4.46. The van der Waals surface area contributed by atoms with Crippen LogP contribution >= 0.6 is 0 Å². The Hall–Kier alpha value is -2.02. The molecule has 0 aliphatic carbocycles. The van der Waals surface area contributed by atoms with Gasteiger partial charge in [-0.2, -0.15) is 0 Å². The number of quaternary nitrogens is 1. The van der Waals surface area contributed by atoms with Crippen LogP contribution in [0.3, 0.4) is 0 Å². The smallest absolute Gasteiger partial charge is 0.209 e. The lowest BCUT2D eigenvalue weighted by Crippen LogP contribution is -3.15. The summed E-state index contributed by atoms with van der Waals surface area (Å²) in [6.07, 6.45) is 3.38. The Morgan fingerprint density at radius 1 is 1.19 bits per heavy atom. The average Bonchev–Trinajstić information content (AvgIpc) is 3.13. The molecule has 3 rings (SSSR count). The molecule has 2 aromatic rings. The number of para-hydroxylation sites is 1. The molecule has 1 aromatic carbocycles. The molecule has 148 valence electrons. The Morgan fingerprint density at radius 3 is 2.52 bits per heavy atom. The van der Waals surface area contributed by atoms with Gasteiger partial charge in [0, 0.05) is 6.42 Å². The lowest BCUT2D eigenvalue weighted by Gasteiger charge is -2.37. The molecule has 1 aliphatic heterocycles. The topological polar surface area (TPSA) is 51.3 Å². The van der Waals surface area contributed by atoms with E-state index in [1.165, 1.54) is 11.0 Å². The summed E-state index contributed by atoms with van der Waals surface area (Å²) in [4.78, 5) is 3.65. The molecule has 0 unspecified atom stereocenters. The van der Waals surface area contributed by atoms with E-state index in [0.717, 1.165) is 51.3 Å². The lowest BCUT2D eigenvalue weighted by molar-refractivity contribution is -0.933. The highest BCUT2D eigenvalue weighted by Crippen LogP contribution is 2.22. The van der Waals surface area contributed by atoms with Crippen molar-refractivity contribution in [1.82, 2.24) is 20.2 Å². The number of hydrogen-bond donors (Lipinski definition) is 1. The van der Waals surface area contributed by atoms with E-state index in [4.69, 9.17) is 0 Å². The Morgan fingerprint density at radius 2 is 1.89 bits per heavy atom. The van der Waals surface area contributed by atoms with Gasteiger partial charge in [-0.15, -0.1) is 5.10 Å². The fourth-order valence-electron chi connectivity index (χ4n) is 3.90.